The van der Waals surface area contributed by atoms with Crippen LogP contribution in [-0.4, -0.2) is 29.0 Å². The maximum Gasteiger partial charge on any atom is 0.123 e. The molecule has 0 saturated carbocycles. The van der Waals surface area contributed by atoms with Gasteiger partial charge in [0.05, 0.1) is 12.2 Å². The van der Waals surface area contributed by atoms with Crippen molar-refractivity contribution in [2.75, 3.05) is 13.2 Å². The average Bonchev–Trinajstić information content (AvgIpc) is 2.23. The predicted octanol–water partition coefficient (Wildman–Crippen LogP) is 0.967. The molecule has 3 N–H and O–H groups in total. The third-order valence-electron chi connectivity index (χ3n) is 2.47. The molecule has 0 heterocycles. The lowest BCUT2D eigenvalue weighted by Crippen LogP contribution is -2.40. The zero-order chi connectivity index (χ0) is 12.2. The van der Waals surface area contributed by atoms with Crippen LogP contribution in [0.3, 0.4) is 0 Å². The van der Waals surface area contributed by atoms with E-state index >= 15 is 0 Å². The summed E-state index contributed by atoms with van der Waals surface area (Å²) in [6.07, 6.45) is 0. The van der Waals surface area contributed by atoms with E-state index < -0.39 is 5.60 Å². The Hall–Kier alpha value is -0.970. The molecule has 4 heteroatoms. The van der Waals surface area contributed by atoms with Crippen LogP contribution < -0.4 is 5.32 Å². The van der Waals surface area contributed by atoms with Crippen LogP contribution in [0.15, 0.2) is 18.2 Å². The van der Waals surface area contributed by atoms with Gasteiger partial charge in [-0.05, 0) is 37.1 Å². The van der Waals surface area contributed by atoms with Crippen molar-refractivity contribution in [2.24, 2.45) is 0 Å². The van der Waals surface area contributed by atoms with E-state index in [1.165, 1.54) is 12.1 Å². The maximum atomic E-state index is 13.0. The number of hydrogen-bond acceptors (Lipinski definition) is 3. The largest absolute Gasteiger partial charge is 0.393 e. The number of hydrogen-bond donors (Lipinski definition) is 3. The summed E-state index contributed by atoms with van der Waals surface area (Å²) in [4.78, 5) is 0. The van der Waals surface area contributed by atoms with Crippen molar-refractivity contribution in [2.45, 2.75) is 26.0 Å². The van der Waals surface area contributed by atoms with Gasteiger partial charge in [0.25, 0.3) is 0 Å². The second-order valence-electron chi connectivity index (χ2n) is 4.33. The molecular weight excluding hydrogens is 209 g/mol. The highest BCUT2D eigenvalue weighted by atomic mass is 19.1. The second-order valence-corrected chi connectivity index (χ2v) is 4.33. The molecule has 3 nitrogen and oxygen atoms in total. The zero-order valence-corrected chi connectivity index (χ0v) is 9.63. The summed E-state index contributed by atoms with van der Waals surface area (Å²) < 4.78 is 13.0. The molecule has 1 rings (SSSR count). The van der Waals surface area contributed by atoms with Gasteiger partial charge in [-0.25, -0.2) is 4.39 Å². The highest BCUT2D eigenvalue weighted by molar-refractivity contribution is 5.26. The Bertz CT molecular complexity index is 353. The van der Waals surface area contributed by atoms with Gasteiger partial charge in [0.2, 0.25) is 0 Å². The normalized spacial score (nSPS) is 14.8. The summed E-state index contributed by atoms with van der Waals surface area (Å²) in [5.41, 5.74) is 0.715. The Morgan fingerprint density at radius 3 is 2.75 bits per heavy atom. The summed E-state index contributed by atoms with van der Waals surface area (Å²) in [5, 5.41) is 21.4. The van der Waals surface area contributed by atoms with Gasteiger partial charge >= 0.3 is 0 Å². The number of rotatable bonds is 5. The van der Waals surface area contributed by atoms with E-state index in [1.807, 2.05) is 6.92 Å². The van der Waals surface area contributed by atoms with Gasteiger partial charge in [-0.3, -0.25) is 0 Å². The molecule has 90 valence electrons. The Balaban J connectivity index is 2.52. The Morgan fingerprint density at radius 1 is 1.44 bits per heavy atom. The highest BCUT2D eigenvalue weighted by Crippen LogP contribution is 2.10. The van der Waals surface area contributed by atoms with Crippen LogP contribution >= 0.6 is 0 Å². The monoisotopic (exact) mass is 227 g/mol. The van der Waals surface area contributed by atoms with Crippen molar-refractivity contribution < 1.29 is 14.6 Å². The molecule has 1 aromatic rings. The number of halogens is 1. The van der Waals surface area contributed by atoms with Gasteiger partial charge in [-0.1, -0.05) is 6.07 Å². The maximum absolute atomic E-state index is 13.0. The van der Waals surface area contributed by atoms with Gasteiger partial charge in [0, 0.05) is 13.1 Å². The van der Waals surface area contributed by atoms with Crippen LogP contribution in [-0.2, 0) is 6.54 Å². The Kier molecular flexibility index (Phi) is 4.41. The third kappa shape index (κ3) is 3.89. The van der Waals surface area contributed by atoms with Crippen LogP contribution in [0.25, 0.3) is 0 Å². The van der Waals surface area contributed by atoms with Crippen molar-refractivity contribution in [3.8, 4) is 0 Å². The van der Waals surface area contributed by atoms with Crippen molar-refractivity contribution in [1.82, 2.24) is 5.32 Å². The number of benzene rings is 1. The fraction of sp³-hybridized carbons (Fsp3) is 0.500. The van der Waals surface area contributed by atoms with Crippen LogP contribution in [0, 0.1) is 12.7 Å². The Labute approximate surface area is 94.9 Å². The minimum atomic E-state index is -1.14. The van der Waals surface area contributed by atoms with Crippen LogP contribution in [0.5, 0.6) is 0 Å². The lowest BCUT2D eigenvalue weighted by molar-refractivity contribution is 0.00253. The van der Waals surface area contributed by atoms with Crippen molar-refractivity contribution in [3.63, 3.8) is 0 Å². The molecule has 0 bridgehead atoms. The summed E-state index contributed by atoms with van der Waals surface area (Å²) in [6, 6.07) is 4.61. The van der Waals surface area contributed by atoms with Gasteiger partial charge in [0.1, 0.15) is 5.82 Å². The first-order chi connectivity index (χ1) is 7.44. The molecule has 0 aromatic heterocycles. The van der Waals surface area contributed by atoms with Gasteiger partial charge in [-0.15, -0.1) is 0 Å². The van der Waals surface area contributed by atoms with E-state index in [0.29, 0.717) is 6.54 Å². The van der Waals surface area contributed by atoms with E-state index in [-0.39, 0.29) is 19.0 Å². The molecule has 0 radical (unpaired) electrons. The minimum absolute atomic E-state index is 0.263. The average molecular weight is 227 g/mol. The van der Waals surface area contributed by atoms with E-state index in [1.54, 1.807) is 13.0 Å². The van der Waals surface area contributed by atoms with Crippen LogP contribution in [0.1, 0.15) is 18.1 Å². The van der Waals surface area contributed by atoms with Crippen LogP contribution in [0.4, 0.5) is 4.39 Å². The fourth-order valence-electron chi connectivity index (χ4n) is 1.35. The molecule has 0 spiro atoms. The minimum Gasteiger partial charge on any atom is -0.393 e. The van der Waals surface area contributed by atoms with Gasteiger partial charge in [0.15, 0.2) is 0 Å². The molecular formula is C12H18FNO2. The van der Waals surface area contributed by atoms with Gasteiger partial charge in [-0.2, -0.15) is 0 Å². The molecule has 16 heavy (non-hydrogen) atoms. The fourth-order valence-corrected chi connectivity index (χ4v) is 1.35. The summed E-state index contributed by atoms with van der Waals surface area (Å²) in [6.45, 7) is 3.88. The van der Waals surface area contributed by atoms with E-state index in [4.69, 9.17) is 5.11 Å². The van der Waals surface area contributed by atoms with E-state index in [0.717, 1.165) is 11.1 Å². The molecule has 0 fully saturated rings. The second kappa shape index (κ2) is 5.39. The predicted molar refractivity (Wildman–Crippen MR) is 60.6 cm³/mol. The number of nitrogens with one attached hydrogen (secondary N) is 1. The summed E-state index contributed by atoms with van der Waals surface area (Å²) in [7, 11) is 0. The Morgan fingerprint density at radius 2 is 2.12 bits per heavy atom. The lowest BCUT2D eigenvalue weighted by atomic mass is 10.1. The molecule has 1 aromatic carbocycles. The summed E-state index contributed by atoms with van der Waals surface area (Å²) >= 11 is 0. The molecule has 0 aliphatic rings. The van der Waals surface area contributed by atoms with Gasteiger partial charge < -0.3 is 15.5 Å². The molecule has 0 aliphatic heterocycles. The molecule has 1 atom stereocenters. The molecule has 0 aliphatic carbocycles. The third-order valence-corrected chi connectivity index (χ3v) is 2.47. The SMILES string of the molecule is Cc1ccc(F)cc1CNCC(C)(O)CO. The quantitative estimate of drug-likeness (QED) is 0.702. The standard InChI is InChI=1S/C12H18FNO2/c1-9-3-4-11(13)5-10(9)6-14-7-12(2,16)8-15/h3-5,14-16H,6-8H2,1-2H3. The first-order valence-corrected chi connectivity index (χ1v) is 5.23. The first-order valence-electron chi connectivity index (χ1n) is 5.23. The highest BCUT2D eigenvalue weighted by Gasteiger charge is 2.17. The van der Waals surface area contributed by atoms with Crippen molar-refractivity contribution in [1.29, 1.82) is 0 Å². The number of aryl methyl sites for hydroxylation is 1. The zero-order valence-electron chi connectivity index (χ0n) is 9.63. The summed E-state index contributed by atoms with van der Waals surface area (Å²) in [5.74, 6) is -0.267. The molecule has 1 unspecified atom stereocenters. The molecule has 0 amide bonds. The smallest absolute Gasteiger partial charge is 0.123 e. The van der Waals surface area contributed by atoms with E-state index in [2.05, 4.69) is 5.32 Å². The van der Waals surface area contributed by atoms with E-state index in [9.17, 15) is 9.50 Å². The number of aliphatic hydroxyl groups excluding tert-OH is 1. The van der Waals surface area contributed by atoms with Crippen molar-refractivity contribution >= 4 is 0 Å². The van der Waals surface area contributed by atoms with Crippen molar-refractivity contribution in [3.05, 3.63) is 35.1 Å². The number of aliphatic hydroxyl groups is 2. The lowest BCUT2D eigenvalue weighted by Gasteiger charge is -2.21. The van der Waals surface area contributed by atoms with Crippen LogP contribution in [0.2, 0.25) is 0 Å². The first kappa shape index (κ1) is 13.1. The molecule has 0 saturated heterocycles. The topological polar surface area (TPSA) is 52.5 Å².